The Morgan fingerprint density at radius 1 is 1.47 bits per heavy atom. The summed E-state index contributed by atoms with van der Waals surface area (Å²) in [6.07, 6.45) is 1.36. The highest BCUT2D eigenvalue weighted by molar-refractivity contribution is 7.89. The number of rotatable bonds is 6. The zero-order valence-corrected chi connectivity index (χ0v) is 10.2. The summed E-state index contributed by atoms with van der Waals surface area (Å²) in [5, 5.41) is 0. The van der Waals surface area contributed by atoms with Crippen LogP contribution in [0.15, 0.2) is 0 Å². The van der Waals surface area contributed by atoms with E-state index >= 15 is 0 Å². The molecule has 0 saturated carbocycles. The Bertz CT molecular complexity index is 296. The van der Waals surface area contributed by atoms with Crippen LogP contribution >= 0.6 is 0 Å². The minimum absolute atomic E-state index is 0.153. The normalized spacial score (nSPS) is 21.3. The highest BCUT2D eigenvalue weighted by atomic mass is 32.2. The lowest BCUT2D eigenvalue weighted by Gasteiger charge is -2.46. The molecule has 1 fully saturated rings. The average Bonchev–Trinajstić information content (AvgIpc) is 2.13. The molecule has 0 aromatic carbocycles. The molecule has 0 aliphatic carbocycles. The summed E-state index contributed by atoms with van der Waals surface area (Å²) in [5.41, 5.74) is 5.62. The molecule has 0 bridgehead atoms. The Hall–Kier alpha value is -0.170. The van der Waals surface area contributed by atoms with Crippen molar-refractivity contribution >= 4 is 10.0 Å². The van der Waals surface area contributed by atoms with Crippen LogP contribution in [0.25, 0.3) is 0 Å². The fourth-order valence-electron chi connectivity index (χ4n) is 1.59. The molecule has 0 aromatic heterocycles. The van der Waals surface area contributed by atoms with E-state index < -0.39 is 10.0 Å². The second-order valence-corrected chi connectivity index (χ2v) is 6.23. The van der Waals surface area contributed by atoms with Gasteiger partial charge in [-0.25, -0.2) is 8.42 Å². The van der Waals surface area contributed by atoms with Crippen LogP contribution in [0.4, 0.5) is 0 Å². The summed E-state index contributed by atoms with van der Waals surface area (Å²) in [6, 6.07) is 0. The summed E-state index contributed by atoms with van der Waals surface area (Å²) in [7, 11) is -1.54. The molecular formula is C9H20N2O3S. The maximum absolute atomic E-state index is 11.7. The van der Waals surface area contributed by atoms with Crippen molar-refractivity contribution in [2.45, 2.75) is 25.3 Å². The Labute approximate surface area is 91.6 Å². The number of ether oxygens (including phenoxy) is 1. The van der Waals surface area contributed by atoms with Crippen molar-refractivity contribution in [1.29, 1.82) is 0 Å². The van der Waals surface area contributed by atoms with E-state index in [1.54, 1.807) is 7.11 Å². The lowest BCUT2D eigenvalue weighted by atomic mass is 9.91. The van der Waals surface area contributed by atoms with Crippen LogP contribution in [0.5, 0.6) is 0 Å². The molecule has 90 valence electrons. The van der Waals surface area contributed by atoms with Crippen molar-refractivity contribution in [1.82, 2.24) is 4.31 Å². The first-order valence-corrected chi connectivity index (χ1v) is 6.80. The molecule has 0 unspecified atom stereocenters. The van der Waals surface area contributed by atoms with Gasteiger partial charge in [0.2, 0.25) is 10.0 Å². The van der Waals surface area contributed by atoms with Crippen LogP contribution in [-0.2, 0) is 14.8 Å². The number of methoxy groups -OCH3 is 1. The standard InChI is InChI=1S/C9H20N2O3S/c1-3-9(10)7-11(8-9)15(12,13)6-4-5-14-2/h3-8,10H2,1-2H3. The third-order valence-electron chi connectivity index (χ3n) is 2.83. The lowest BCUT2D eigenvalue weighted by molar-refractivity contribution is 0.152. The molecule has 0 aromatic rings. The Morgan fingerprint density at radius 3 is 2.53 bits per heavy atom. The molecule has 1 rings (SSSR count). The van der Waals surface area contributed by atoms with E-state index in [2.05, 4.69) is 0 Å². The summed E-state index contributed by atoms with van der Waals surface area (Å²) in [6.45, 7) is 3.38. The topological polar surface area (TPSA) is 72.6 Å². The quantitative estimate of drug-likeness (QED) is 0.647. The van der Waals surface area contributed by atoms with Crippen LogP contribution in [0, 0.1) is 0 Å². The number of nitrogens with two attached hydrogens (primary N) is 1. The molecule has 1 aliphatic rings. The van der Waals surface area contributed by atoms with Crippen LogP contribution in [0.1, 0.15) is 19.8 Å². The van der Waals surface area contributed by atoms with Gasteiger partial charge in [-0.3, -0.25) is 0 Å². The van der Waals surface area contributed by atoms with Crippen LogP contribution < -0.4 is 5.73 Å². The van der Waals surface area contributed by atoms with Crippen molar-refractivity contribution in [3.05, 3.63) is 0 Å². The van der Waals surface area contributed by atoms with Crippen molar-refractivity contribution in [2.75, 3.05) is 32.6 Å². The largest absolute Gasteiger partial charge is 0.385 e. The molecule has 0 radical (unpaired) electrons. The van der Waals surface area contributed by atoms with Gasteiger partial charge in [-0.05, 0) is 12.8 Å². The van der Waals surface area contributed by atoms with Crippen LogP contribution in [0.2, 0.25) is 0 Å². The third-order valence-corrected chi connectivity index (χ3v) is 4.68. The maximum Gasteiger partial charge on any atom is 0.214 e. The zero-order valence-electron chi connectivity index (χ0n) is 9.40. The van der Waals surface area contributed by atoms with Crippen molar-refractivity contribution in [3.8, 4) is 0 Å². The van der Waals surface area contributed by atoms with Gasteiger partial charge in [0.25, 0.3) is 0 Å². The van der Waals surface area contributed by atoms with Crippen LogP contribution in [-0.4, -0.2) is 50.8 Å². The van der Waals surface area contributed by atoms with Crippen molar-refractivity contribution in [3.63, 3.8) is 0 Å². The van der Waals surface area contributed by atoms with Gasteiger partial charge in [0.15, 0.2) is 0 Å². The van der Waals surface area contributed by atoms with Gasteiger partial charge >= 0.3 is 0 Å². The molecular weight excluding hydrogens is 216 g/mol. The number of nitrogens with zero attached hydrogens (tertiary/aromatic N) is 1. The smallest absolute Gasteiger partial charge is 0.214 e. The fourth-order valence-corrected chi connectivity index (χ4v) is 3.24. The second-order valence-electron chi connectivity index (χ2n) is 4.15. The molecule has 0 amide bonds. The summed E-state index contributed by atoms with van der Waals surface area (Å²) in [5.74, 6) is 0.153. The van der Waals surface area contributed by atoms with Gasteiger partial charge in [-0.1, -0.05) is 6.92 Å². The summed E-state index contributed by atoms with van der Waals surface area (Å²) < 4.78 is 29.7. The van der Waals surface area contributed by atoms with E-state index in [-0.39, 0.29) is 11.3 Å². The van der Waals surface area contributed by atoms with Gasteiger partial charge in [0.1, 0.15) is 0 Å². The van der Waals surface area contributed by atoms with Crippen molar-refractivity contribution < 1.29 is 13.2 Å². The average molecular weight is 236 g/mol. The fraction of sp³-hybridized carbons (Fsp3) is 1.00. The highest BCUT2D eigenvalue weighted by Gasteiger charge is 2.43. The van der Waals surface area contributed by atoms with E-state index in [1.165, 1.54) is 4.31 Å². The van der Waals surface area contributed by atoms with E-state index in [4.69, 9.17) is 10.5 Å². The first-order valence-electron chi connectivity index (χ1n) is 5.19. The minimum atomic E-state index is -3.10. The molecule has 1 heterocycles. The molecule has 6 heteroatoms. The van der Waals surface area contributed by atoms with E-state index in [0.29, 0.717) is 26.1 Å². The summed E-state index contributed by atoms with van der Waals surface area (Å²) >= 11 is 0. The minimum Gasteiger partial charge on any atom is -0.385 e. The monoisotopic (exact) mass is 236 g/mol. The van der Waals surface area contributed by atoms with E-state index in [9.17, 15) is 8.42 Å². The third kappa shape index (κ3) is 3.14. The summed E-state index contributed by atoms with van der Waals surface area (Å²) in [4.78, 5) is 0. The number of sulfonamides is 1. The molecule has 2 N–H and O–H groups in total. The van der Waals surface area contributed by atoms with E-state index in [0.717, 1.165) is 6.42 Å². The molecule has 0 spiro atoms. The predicted octanol–water partition coefficient (Wildman–Crippen LogP) is -0.224. The zero-order chi connectivity index (χ0) is 11.5. The Kier molecular flexibility index (Phi) is 4.11. The number of hydrogen-bond donors (Lipinski definition) is 1. The second kappa shape index (κ2) is 4.78. The van der Waals surface area contributed by atoms with Crippen LogP contribution in [0.3, 0.4) is 0 Å². The van der Waals surface area contributed by atoms with Gasteiger partial charge in [-0.2, -0.15) is 4.31 Å². The highest BCUT2D eigenvalue weighted by Crippen LogP contribution is 2.24. The first-order chi connectivity index (χ1) is 6.93. The first kappa shape index (κ1) is 12.9. The van der Waals surface area contributed by atoms with Gasteiger partial charge in [0.05, 0.1) is 5.75 Å². The predicted molar refractivity (Wildman–Crippen MR) is 59.1 cm³/mol. The van der Waals surface area contributed by atoms with Gasteiger partial charge in [-0.15, -0.1) is 0 Å². The lowest BCUT2D eigenvalue weighted by Crippen LogP contribution is -2.68. The number of hydrogen-bond acceptors (Lipinski definition) is 4. The Balaban J connectivity index is 2.38. The molecule has 5 nitrogen and oxygen atoms in total. The van der Waals surface area contributed by atoms with Crippen molar-refractivity contribution in [2.24, 2.45) is 5.73 Å². The maximum atomic E-state index is 11.7. The molecule has 0 atom stereocenters. The molecule has 1 saturated heterocycles. The van der Waals surface area contributed by atoms with Gasteiger partial charge < -0.3 is 10.5 Å². The SMILES string of the molecule is CCC1(N)CN(S(=O)(=O)CCCOC)C1. The van der Waals surface area contributed by atoms with E-state index in [1.807, 2.05) is 6.92 Å². The van der Waals surface area contributed by atoms with Gasteiger partial charge in [0, 0.05) is 32.3 Å². The molecule has 15 heavy (non-hydrogen) atoms. The Morgan fingerprint density at radius 2 is 2.07 bits per heavy atom. The molecule has 1 aliphatic heterocycles.